The number of pyridine rings is 1. The van der Waals surface area contributed by atoms with Crippen molar-refractivity contribution >= 4 is 29.0 Å². The third-order valence-corrected chi connectivity index (χ3v) is 6.65. The lowest BCUT2D eigenvalue weighted by atomic mass is 9.78. The van der Waals surface area contributed by atoms with E-state index in [-0.39, 0.29) is 17.4 Å². The molecule has 3 aliphatic rings. The molecule has 0 aromatic carbocycles. The summed E-state index contributed by atoms with van der Waals surface area (Å²) in [4.78, 5) is 22.0. The number of carbonyl (C=O) groups excluding carboxylic acids is 1. The van der Waals surface area contributed by atoms with Crippen LogP contribution in [0.4, 0.5) is 11.5 Å². The highest BCUT2D eigenvalue weighted by molar-refractivity contribution is 6.33. The van der Waals surface area contributed by atoms with Gasteiger partial charge < -0.3 is 20.6 Å². The minimum absolute atomic E-state index is 0.193. The molecule has 1 aromatic rings. The first-order chi connectivity index (χ1) is 12.5. The number of hydrogen-bond acceptors (Lipinski definition) is 5. The first-order valence-electron chi connectivity index (χ1n) is 9.64. The van der Waals surface area contributed by atoms with E-state index in [1.165, 1.54) is 0 Å². The number of halogens is 1. The number of hydrogen-bond donors (Lipinski definition) is 2. The number of likely N-dealkylation sites (tertiary alicyclic amines) is 1. The van der Waals surface area contributed by atoms with Crippen LogP contribution in [0.1, 0.15) is 44.9 Å². The van der Waals surface area contributed by atoms with Crippen molar-refractivity contribution in [1.82, 2.24) is 9.88 Å². The van der Waals surface area contributed by atoms with E-state index in [4.69, 9.17) is 17.3 Å². The standard InChI is InChI=1S/C19H27ClN4O2/c20-16-10-13(21)11-22-17(16)23-8-1-6-19(12-23)7-9-24(18(19)26)14-2-4-15(25)5-3-14/h10-11,14-15,25H,1-9,12,21H2/t14-,15-,19-/m1/s1. The summed E-state index contributed by atoms with van der Waals surface area (Å²) in [5, 5.41) is 10.3. The third kappa shape index (κ3) is 3.14. The summed E-state index contributed by atoms with van der Waals surface area (Å²) in [5.41, 5.74) is 5.99. The molecule has 1 atom stereocenters. The van der Waals surface area contributed by atoms with Gasteiger partial charge in [0.2, 0.25) is 5.91 Å². The number of carbonyl (C=O) groups is 1. The number of nitrogens with two attached hydrogens (primary N) is 1. The fraction of sp³-hybridized carbons (Fsp3) is 0.684. The normalized spacial score (nSPS) is 32.5. The average Bonchev–Trinajstić information content (AvgIpc) is 2.92. The Morgan fingerprint density at radius 3 is 2.73 bits per heavy atom. The van der Waals surface area contributed by atoms with Crippen molar-refractivity contribution in [2.75, 3.05) is 30.3 Å². The summed E-state index contributed by atoms with van der Waals surface area (Å²) in [6.07, 6.45) is 7.66. The SMILES string of the molecule is Nc1cnc(N2CCC[C@@]3(CCN([C@H]4CC[C@H](O)CC4)C3=O)C2)c(Cl)c1. The molecule has 2 aliphatic heterocycles. The van der Waals surface area contributed by atoms with E-state index in [0.717, 1.165) is 63.9 Å². The van der Waals surface area contributed by atoms with Gasteiger partial charge in [0, 0.05) is 25.7 Å². The molecule has 1 amide bonds. The summed E-state index contributed by atoms with van der Waals surface area (Å²) in [5.74, 6) is 1.02. The molecule has 3 N–H and O–H groups in total. The van der Waals surface area contributed by atoms with Gasteiger partial charge in [-0.05, 0) is 51.0 Å². The zero-order valence-electron chi connectivity index (χ0n) is 15.0. The number of amides is 1. The summed E-state index contributed by atoms with van der Waals surface area (Å²) < 4.78 is 0. The molecule has 26 heavy (non-hydrogen) atoms. The maximum Gasteiger partial charge on any atom is 0.230 e. The molecule has 0 unspecified atom stereocenters. The molecule has 1 spiro atoms. The second kappa shape index (κ2) is 6.89. The van der Waals surface area contributed by atoms with Crippen LogP contribution in [-0.4, -0.2) is 52.7 Å². The number of aliphatic hydroxyl groups excluding tert-OH is 1. The first-order valence-corrected chi connectivity index (χ1v) is 10.0. The van der Waals surface area contributed by atoms with Gasteiger partial charge in [0.25, 0.3) is 0 Å². The highest BCUT2D eigenvalue weighted by Crippen LogP contribution is 2.44. The Morgan fingerprint density at radius 1 is 1.23 bits per heavy atom. The lowest BCUT2D eigenvalue weighted by Gasteiger charge is -2.41. The van der Waals surface area contributed by atoms with Crippen molar-refractivity contribution in [2.24, 2.45) is 5.41 Å². The van der Waals surface area contributed by atoms with Crippen LogP contribution < -0.4 is 10.6 Å². The second-order valence-corrected chi connectivity index (χ2v) is 8.50. The van der Waals surface area contributed by atoms with Crippen molar-refractivity contribution in [1.29, 1.82) is 0 Å². The second-order valence-electron chi connectivity index (χ2n) is 8.09. The maximum atomic E-state index is 13.3. The summed E-state index contributed by atoms with van der Waals surface area (Å²) in [6.45, 7) is 2.37. The molecule has 0 bridgehead atoms. The number of aliphatic hydroxyl groups is 1. The lowest BCUT2D eigenvalue weighted by molar-refractivity contribution is -0.139. The van der Waals surface area contributed by atoms with Gasteiger partial charge in [-0.2, -0.15) is 0 Å². The summed E-state index contributed by atoms with van der Waals surface area (Å²) in [6, 6.07) is 2.01. The quantitative estimate of drug-likeness (QED) is 0.825. The Morgan fingerprint density at radius 2 is 2.00 bits per heavy atom. The fourth-order valence-electron chi connectivity index (χ4n) is 4.94. The molecule has 2 saturated heterocycles. The van der Waals surface area contributed by atoms with E-state index >= 15 is 0 Å². The number of anilines is 2. The topological polar surface area (TPSA) is 82.7 Å². The largest absolute Gasteiger partial charge is 0.397 e. The molecule has 0 radical (unpaired) electrons. The van der Waals surface area contributed by atoms with Crippen molar-refractivity contribution in [3.8, 4) is 0 Å². The molecule has 6 nitrogen and oxygen atoms in total. The van der Waals surface area contributed by atoms with Crippen LogP contribution in [0.2, 0.25) is 5.02 Å². The Hall–Kier alpha value is -1.53. The molecule has 4 rings (SSSR count). The van der Waals surface area contributed by atoms with Gasteiger partial charge in [0.1, 0.15) is 5.82 Å². The monoisotopic (exact) mass is 378 g/mol. The highest BCUT2D eigenvalue weighted by Gasteiger charge is 2.50. The molecule has 7 heteroatoms. The van der Waals surface area contributed by atoms with Crippen LogP contribution in [0.3, 0.4) is 0 Å². The highest BCUT2D eigenvalue weighted by atomic mass is 35.5. The van der Waals surface area contributed by atoms with Crippen LogP contribution in [0.15, 0.2) is 12.3 Å². The van der Waals surface area contributed by atoms with Crippen molar-refractivity contribution in [3.05, 3.63) is 17.3 Å². The van der Waals surface area contributed by atoms with Crippen LogP contribution in [0, 0.1) is 5.41 Å². The smallest absolute Gasteiger partial charge is 0.230 e. The Balaban J connectivity index is 1.50. The summed E-state index contributed by atoms with van der Waals surface area (Å²) >= 11 is 6.36. The number of piperidine rings is 1. The first kappa shape index (κ1) is 17.9. The fourth-order valence-corrected chi connectivity index (χ4v) is 5.23. The van der Waals surface area contributed by atoms with Crippen LogP contribution in [0.5, 0.6) is 0 Å². The number of aromatic nitrogens is 1. The van der Waals surface area contributed by atoms with E-state index in [0.29, 0.717) is 23.3 Å². The van der Waals surface area contributed by atoms with E-state index in [1.54, 1.807) is 12.3 Å². The van der Waals surface area contributed by atoms with Gasteiger partial charge in [-0.3, -0.25) is 4.79 Å². The van der Waals surface area contributed by atoms with Gasteiger partial charge in [-0.1, -0.05) is 11.6 Å². The number of nitrogens with zero attached hydrogens (tertiary/aromatic N) is 3. The van der Waals surface area contributed by atoms with Crippen LogP contribution in [-0.2, 0) is 4.79 Å². The van der Waals surface area contributed by atoms with Gasteiger partial charge >= 0.3 is 0 Å². The zero-order valence-corrected chi connectivity index (χ0v) is 15.8. The van der Waals surface area contributed by atoms with E-state index in [2.05, 4.69) is 14.8 Å². The van der Waals surface area contributed by atoms with Crippen molar-refractivity contribution < 1.29 is 9.90 Å². The summed E-state index contributed by atoms with van der Waals surface area (Å²) in [7, 11) is 0. The predicted octanol–water partition coefficient (Wildman–Crippen LogP) is 2.44. The molecule has 1 aromatic heterocycles. The van der Waals surface area contributed by atoms with Crippen LogP contribution in [0.25, 0.3) is 0 Å². The minimum atomic E-state index is -0.319. The zero-order chi connectivity index (χ0) is 18.3. The van der Waals surface area contributed by atoms with E-state index in [9.17, 15) is 9.90 Å². The molecular formula is C19H27ClN4O2. The molecule has 1 saturated carbocycles. The van der Waals surface area contributed by atoms with E-state index < -0.39 is 0 Å². The minimum Gasteiger partial charge on any atom is -0.397 e. The molecular weight excluding hydrogens is 352 g/mol. The Bertz CT molecular complexity index is 692. The van der Waals surface area contributed by atoms with Crippen molar-refractivity contribution in [2.45, 2.75) is 57.1 Å². The molecule has 1 aliphatic carbocycles. The third-order valence-electron chi connectivity index (χ3n) is 6.37. The lowest BCUT2D eigenvalue weighted by Crippen LogP contribution is -2.50. The van der Waals surface area contributed by atoms with Gasteiger partial charge in [0.05, 0.1) is 28.4 Å². The molecule has 3 fully saturated rings. The van der Waals surface area contributed by atoms with Gasteiger partial charge in [-0.25, -0.2) is 4.98 Å². The van der Waals surface area contributed by atoms with Crippen LogP contribution >= 0.6 is 11.6 Å². The van der Waals surface area contributed by atoms with Crippen molar-refractivity contribution in [3.63, 3.8) is 0 Å². The maximum absolute atomic E-state index is 13.3. The number of nitrogen functional groups attached to an aromatic ring is 1. The molecule has 3 heterocycles. The van der Waals surface area contributed by atoms with Gasteiger partial charge in [0.15, 0.2) is 0 Å². The predicted molar refractivity (Wildman–Crippen MR) is 102 cm³/mol. The molecule has 142 valence electrons. The number of rotatable bonds is 2. The van der Waals surface area contributed by atoms with E-state index in [1.807, 2.05) is 0 Å². The Labute approximate surface area is 159 Å². The van der Waals surface area contributed by atoms with Gasteiger partial charge in [-0.15, -0.1) is 0 Å². The Kier molecular flexibility index (Phi) is 4.73. The average molecular weight is 379 g/mol.